The molecule has 0 saturated carbocycles. The molecule has 4 saturated heterocycles. The van der Waals surface area contributed by atoms with Gasteiger partial charge in [0, 0.05) is 36.8 Å². The Bertz CT molecular complexity index is 1770. The van der Waals surface area contributed by atoms with E-state index in [4.69, 9.17) is 14.5 Å². The quantitative estimate of drug-likeness (QED) is 0.461. The zero-order valence-corrected chi connectivity index (χ0v) is 23.8. The number of aromatic nitrogens is 3. The van der Waals surface area contributed by atoms with E-state index in [1.807, 2.05) is 0 Å². The second-order valence-electron chi connectivity index (χ2n) is 12.6. The zero-order valence-electron chi connectivity index (χ0n) is 23.8. The number of halogens is 4. The number of ether oxygens (including phenoxy) is 2. The van der Waals surface area contributed by atoms with E-state index in [-0.39, 0.29) is 70.5 Å². The van der Waals surface area contributed by atoms with Crippen molar-refractivity contribution in [3.63, 3.8) is 0 Å². The molecular formula is C31H32F4N6O2. The number of anilines is 1. The predicted molar refractivity (Wildman–Crippen MR) is 152 cm³/mol. The number of pyridine rings is 1. The van der Waals surface area contributed by atoms with E-state index < -0.39 is 29.2 Å². The van der Waals surface area contributed by atoms with Crippen LogP contribution in [-0.4, -0.2) is 82.5 Å². The normalized spacial score (nSPS) is 30.2. The highest BCUT2D eigenvalue weighted by molar-refractivity contribution is 5.96. The van der Waals surface area contributed by atoms with Crippen LogP contribution in [0.5, 0.6) is 11.9 Å². The van der Waals surface area contributed by atoms with Crippen molar-refractivity contribution in [1.29, 1.82) is 0 Å². The fourth-order valence-corrected chi connectivity index (χ4v) is 7.99. The van der Waals surface area contributed by atoms with E-state index in [9.17, 15) is 13.2 Å². The van der Waals surface area contributed by atoms with Gasteiger partial charge in [0.2, 0.25) is 5.88 Å². The Morgan fingerprint density at radius 3 is 2.88 bits per heavy atom. The summed E-state index contributed by atoms with van der Waals surface area (Å²) < 4.78 is 72.7. The van der Waals surface area contributed by atoms with Crippen LogP contribution in [0.25, 0.3) is 23.1 Å². The van der Waals surface area contributed by atoms with Crippen molar-refractivity contribution in [2.45, 2.75) is 68.9 Å². The third-order valence-electron chi connectivity index (χ3n) is 10.1. The third kappa shape index (κ3) is 4.12. The van der Waals surface area contributed by atoms with Gasteiger partial charge in [-0.3, -0.25) is 4.90 Å². The van der Waals surface area contributed by atoms with Crippen LogP contribution in [0.3, 0.4) is 0 Å². The topological polar surface area (TPSA) is 75.6 Å². The summed E-state index contributed by atoms with van der Waals surface area (Å²) in [5.41, 5.74) is -0.678. The lowest BCUT2D eigenvalue weighted by Crippen LogP contribution is -2.60. The largest absolute Gasteiger partial charge is 0.475 e. The van der Waals surface area contributed by atoms with Crippen LogP contribution in [-0.2, 0) is 0 Å². The summed E-state index contributed by atoms with van der Waals surface area (Å²) >= 11 is 0. The van der Waals surface area contributed by atoms with Gasteiger partial charge >= 0.3 is 6.01 Å². The van der Waals surface area contributed by atoms with Crippen LogP contribution in [0.15, 0.2) is 12.1 Å². The van der Waals surface area contributed by atoms with Gasteiger partial charge in [0.25, 0.3) is 0 Å². The molecule has 5 aliphatic heterocycles. The van der Waals surface area contributed by atoms with Crippen molar-refractivity contribution in [2.75, 3.05) is 37.7 Å². The highest BCUT2D eigenvalue weighted by Gasteiger charge is 2.50. The Kier molecular flexibility index (Phi) is 6.14. The molecule has 5 atom stereocenters. The first-order chi connectivity index (χ1) is 20.7. The molecule has 1 N–H and O–H groups in total. The molecule has 226 valence electrons. The lowest BCUT2D eigenvalue weighted by molar-refractivity contribution is 0.107. The van der Waals surface area contributed by atoms with Gasteiger partial charge in [0.05, 0.1) is 11.6 Å². The van der Waals surface area contributed by atoms with Crippen LogP contribution in [0.4, 0.5) is 23.4 Å². The molecule has 5 aliphatic rings. The first-order valence-corrected chi connectivity index (χ1v) is 15.0. The average molecular weight is 597 g/mol. The van der Waals surface area contributed by atoms with Crippen molar-refractivity contribution in [3.8, 4) is 11.9 Å². The number of rotatable bonds is 4. The van der Waals surface area contributed by atoms with E-state index >= 15 is 4.39 Å². The van der Waals surface area contributed by atoms with Gasteiger partial charge in [-0.15, -0.1) is 0 Å². The minimum atomic E-state index is -1.13. The summed E-state index contributed by atoms with van der Waals surface area (Å²) in [4.78, 5) is 18.1. The Morgan fingerprint density at radius 2 is 2.02 bits per heavy atom. The molecule has 4 fully saturated rings. The maximum Gasteiger partial charge on any atom is 0.319 e. The van der Waals surface area contributed by atoms with Crippen LogP contribution >= 0.6 is 0 Å². The monoisotopic (exact) mass is 596 g/mol. The maximum absolute atomic E-state index is 16.6. The van der Waals surface area contributed by atoms with Crippen LogP contribution in [0.1, 0.15) is 44.7 Å². The van der Waals surface area contributed by atoms with E-state index in [1.54, 1.807) is 0 Å². The fourth-order valence-electron chi connectivity index (χ4n) is 7.99. The van der Waals surface area contributed by atoms with E-state index in [0.717, 1.165) is 38.3 Å². The molecule has 0 aliphatic carbocycles. The highest BCUT2D eigenvalue weighted by Crippen LogP contribution is 2.43. The first kappa shape index (κ1) is 27.1. The lowest BCUT2D eigenvalue weighted by atomic mass is 9.95. The molecule has 0 radical (unpaired) electrons. The van der Waals surface area contributed by atoms with E-state index in [1.165, 1.54) is 13.0 Å². The summed E-state index contributed by atoms with van der Waals surface area (Å²) in [6.07, 6.45) is 3.19. The molecular weight excluding hydrogens is 564 g/mol. The molecule has 8 nitrogen and oxygen atoms in total. The van der Waals surface area contributed by atoms with Gasteiger partial charge in [-0.2, -0.15) is 9.97 Å². The summed E-state index contributed by atoms with van der Waals surface area (Å²) in [6.45, 7) is 7.58. The molecule has 12 heteroatoms. The van der Waals surface area contributed by atoms with Gasteiger partial charge in [0.15, 0.2) is 17.5 Å². The molecule has 3 aromatic rings. The number of alkyl halides is 1. The maximum atomic E-state index is 16.6. The minimum absolute atomic E-state index is 0.0213. The molecule has 8 rings (SSSR count). The van der Waals surface area contributed by atoms with Gasteiger partial charge in [0.1, 0.15) is 41.8 Å². The summed E-state index contributed by atoms with van der Waals surface area (Å²) in [5, 5.41) is 3.98. The predicted octanol–water partition coefficient (Wildman–Crippen LogP) is 2.73. The van der Waals surface area contributed by atoms with E-state index in [0.29, 0.717) is 30.7 Å². The van der Waals surface area contributed by atoms with Gasteiger partial charge in [-0.05, 0) is 56.0 Å². The fraction of sp³-hybridized carbons (Fsp3) is 0.516. The van der Waals surface area contributed by atoms with Gasteiger partial charge < -0.3 is 19.7 Å². The number of nitrogens with zero attached hydrogens (tertiary/aromatic N) is 5. The molecule has 43 heavy (non-hydrogen) atoms. The minimum Gasteiger partial charge on any atom is -0.475 e. The Morgan fingerprint density at radius 1 is 1.16 bits per heavy atom. The lowest BCUT2D eigenvalue weighted by Gasteiger charge is -2.40. The number of hydrogen-bond donors (Lipinski definition) is 1. The van der Waals surface area contributed by atoms with Gasteiger partial charge in [-0.25, -0.2) is 22.5 Å². The van der Waals surface area contributed by atoms with Crippen LogP contribution in [0, 0.1) is 17.5 Å². The van der Waals surface area contributed by atoms with Crippen molar-refractivity contribution >= 4 is 28.9 Å². The highest BCUT2D eigenvalue weighted by atomic mass is 19.2. The van der Waals surface area contributed by atoms with Crippen molar-refractivity contribution < 1.29 is 27.0 Å². The number of hydrogen-bond acceptors (Lipinski definition) is 8. The second-order valence-corrected chi connectivity index (χ2v) is 12.6. The zero-order chi connectivity index (χ0) is 29.6. The Labute approximate surface area is 245 Å². The SMILES string of the molecule is C=c1ccc(F)c(F)/c1=C(/C)c1nc2c3c(nc(OC[C@@]45CCCN4C[C@@H](F)C5)nc3c1F)N1C[C@@H]3CC[C@@H](N3)[C@H]1CO2. The Hall–Kier alpha value is -3.51. The molecule has 7 heterocycles. The third-order valence-corrected chi connectivity index (χ3v) is 10.1. The van der Waals surface area contributed by atoms with Crippen molar-refractivity contribution in [1.82, 2.24) is 25.2 Å². The number of piperazine rings is 1. The molecule has 0 amide bonds. The van der Waals surface area contributed by atoms with Gasteiger partial charge in [-0.1, -0.05) is 12.6 Å². The smallest absolute Gasteiger partial charge is 0.319 e. The van der Waals surface area contributed by atoms with Crippen molar-refractivity contribution in [2.24, 2.45) is 0 Å². The Balaban J connectivity index is 1.31. The van der Waals surface area contributed by atoms with Crippen molar-refractivity contribution in [3.05, 3.63) is 45.7 Å². The molecule has 2 aromatic heterocycles. The second kappa shape index (κ2) is 9.75. The summed E-state index contributed by atoms with van der Waals surface area (Å²) in [5.74, 6) is -2.43. The standard InChI is InChI=1S/C31H32F4N6O2/c1-15-4-6-19(33)24(34)22(15)16(2)26-25(35)27-23-28(41-12-18-5-7-20(36-18)21(41)13-42-29(23)37-26)39-30(38-27)43-14-31-8-3-9-40(31)11-17(32)10-31/h4,6,17-18,20-21,36H,1,3,5,7-14H2,2H3/b22-16-/t17-,18-,20+,21+,31-/m0/s1. The average Bonchev–Trinajstić information content (AvgIpc) is 3.62. The molecule has 2 bridgehead atoms. The van der Waals surface area contributed by atoms with E-state index in [2.05, 4.69) is 31.7 Å². The number of fused-ring (bicyclic) bond motifs is 6. The van der Waals surface area contributed by atoms with Crippen LogP contribution < -0.4 is 30.1 Å². The molecule has 0 unspecified atom stereocenters. The summed E-state index contributed by atoms with van der Waals surface area (Å²) in [7, 11) is 0. The molecule has 0 spiro atoms. The number of nitrogens with one attached hydrogen (secondary N) is 1. The van der Waals surface area contributed by atoms with Crippen LogP contribution in [0.2, 0.25) is 0 Å². The number of benzene rings is 1. The summed E-state index contributed by atoms with van der Waals surface area (Å²) in [6, 6.07) is 2.62. The molecule has 1 aromatic carbocycles. The first-order valence-electron chi connectivity index (χ1n) is 15.0.